The van der Waals surface area contributed by atoms with Gasteiger partial charge in [-0.25, -0.2) is 4.98 Å². The van der Waals surface area contributed by atoms with Gasteiger partial charge in [0.05, 0.1) is 12.4 Å². The highest BCUT2D eigenvalue weighted by atomic mass is 35.5. The highest BCUT2D eigenvalue weighted by Gasteiger charge is 1.95. The minimum atomic E-state index is 0. The second-order valence-corrected chi connectivity index (χ2v) is 2.00. The number of pyridine rings is 1. The molecule has 2 rings (SSSR count). The molecule has 0 unspecified atom stereocenters. The molecule has 0 atom stereocenters. The third-order valence-corrected chi connectivity index (χ3v) is 1.28. The predicted octanol–water partition coefficient (Wildman–Crippen LogP) is 1.09. The zero-order chi connectivity index (χ0) is 6.97. The van der Waals surface area contributed by atoms with Crippen molar-refractivity contribution in [2.24, 2.45) is 0 Å². The van der Waals surface area contributed by atoms with Crippen LogP contribution < -0.4 is 0 Å². The first kappa shape index (κ1) is 7.81. The Morgan fingerprint density at radius 3 is 3.00 bits per heavy atom. The molecule has 0 radical (unpaired) electrons. The third-order valence-electron chi connectivity index (χ3n) is 1.28. The van der Waals surface area contributed by atoms with Crippen molar-refractivity contribution >= 4 is 23.4 Å². The van der Waals surface area contributed by atoms with Crippen LogP contribution in [-0.2, 0) is 0 Å². The molecular weight excluding hydrogens is 166 g/mol. The summed E-state index contributed by atoms with van der Waals surface area (Å²) in [6.45, 7) is 0. The summed E-state index contributed by atoms with van der Waals surface area (Å²) in [6, 6.07) is 1.60. The van der Waals surface area contributed by atoms with E-state index in [-0.39, 0.29) is 18.2 Å². The fourth-order valence-corrected chi connectivity index (χ4v) is 0.825. The Labute approximate surface area is 68.7 Å². The Kier molecular flexibility index (Phi) is 1.96. The molecule has 2 N–H and O–H groups in total. The lowest BCUT2D eigenvalue weighted by Crippen LogP contribution is -1.73. The zero-order valence-corrected chi connectivity index (χ0v) is 6.30. The Morgan fingerprint density at radius 2 is 2.18 bits per heavy atom. The molecule has 2 aromatic rings. The van der Waals surface area contributed by atoms with Gasteiger partial charge in [-0.05, 0) is 6.07 Å². The van der Waals surface area contributed by atoms with Crippen LogP contribution in [0.2, 0.25) is 0 Å². The van der Waals surface area contributed by atoms with E-state index in [9.17, 15) is 0 Å². The van der Waals surface area contributed by atoms with Gasteiger partial charge < -0.3 is 5.11 Å². The van der Waals surface area contributed by atoms with Crippen LogP contribution in [0.1, 0.15) is 0 Å². The van der Waals surface area contributed by atoms with E-state index in [1.807, 2.05) is 0 Å². The van der Waals surface area contributed by atoms with E-state index in [2.05, 4.69) is 15.2 Å². The summed E-state index contributed by atoms with van der Waals surface area (Å²) < 4.78 is 0. The van der Waals surface area contributed by atoms with Crippen LogP contribution in [0.15, 0.2) is 18.5 Å². The highest BCUT2D eigenvalue weighted by molar-refractivity contribution is 5.85. The number of aromatic hydroxyl groups is 1. The molecule has 0 aliphatic heterocycles. The van der Waals surface area contributed by atoms with Crippen molar-refractivity contribution in [2.45, 2.75) is 0 Å². The lowest BCUT2D eigenvalue weighted by Gasteiger charge is -1.87. The van der Waals surface area contributed by atoms with Gasteiger partial charge in [0.2, 0.25) is 0 Å². The lowest BCUT2D eigenvalue weighted by molar-refractivity contribution is 0.474. The number of nitrogens with zero attached hydrogens (tertiary/aromatic N) is 2. The molecule has 0 spiro atoms. The van der Waals surface area contributed by atoms with Gasteiger partial charge in [0, 0.05) is 5.39 Å². The molecule has 0 aliphatic rings. The van der Waals surface area contributed by atoms with Crippen LogP contribution in [0.5, 0.6) is 5.75 Å². The van der Waals surface area contributed by atoms with Crippen LogP contribution in [0, 0.1) is 0 Å². The monoisotopic (exact) mass is 171 g/mol. The number of nitrogens with one attached hydrogen (secondary N) is 1. The van der Waals surface area contributed by atoms with Crippen molar-refractivity contribution in [2.75, 3.05) is 0 Å². The molecule has 0 amide bonds. The summed E-state index contributed by atoms with van der Waals surface area (Å²) in [5, 5.41) is 16.2. The van der Waals surface area contributed by atoms with Gasteiger partial charge in [-0.2, -0.15) is 5.10 Å². The summed E-state index contributed by atoms with van der Waals surface area (Å²) in [5.74, 6) is 0.161. The molecule has 4 nitrogen and oxygen atoms in total. The van der Waals surface area contributed by atoms with Gasteiger partial charge in [-0.15, -0.1) is 12.4 Å². The summed E-state index contributed by atoms with van der Waals surface area (Å²) >= 11 is 0. The van der Waals surface area contributed by atoms with Gasteiger partial charge in [-0.1, -0.05) is 0 Å². The van der Waals surface area contributed by atoms with Gasteiger partial charge in [0.25, 0.3) is 0 Å². The highest BCUT2D eigenvalue weighted by Crippen LogP contribution is 2.13. The van der Waals surface area contributed by atoms with Crippen LogP contribution in [0.3, 0.4) is 0 Å². The van der Waals surface area contributed by atoms with Crippen LogP contribution >= 0.6 is 12.4 Å². The predicted molar refractivity (Wildman–Crippen MR) is 42.8 cm³/mol. The minimum Gasteiger partial charge on any atom is -0.506 e. The zero-order valence-electron chi connectivity index (χ0n) is 5.48. The van der Waals surface area contributed by atoms with Crippen LogP contribution in [0.4, 0.5) is 0 Å². The number of fused-ring (bicyclic) bond motifs is 1. The number of H-pyrrole nitrogens is 1. The van der Waals surface area contributed by atoms with E-state index in [1.54, 1.807) is 12.3 Å². The average molecular weight is 172 g/mol. The second kappa shape index (κ2) is 2.75. The molecule has 2 heterocycles. The normalized spacial score (nSPS) is 9.45. The number of hydrogen-bond donors (Lipinski definition) is 2. The fraction of sp³-hybridized carbons (Fsp3) is 0. The first-order valence-electron chi connectivity index (χ1n) is 2.84. The van der Waals surface area contributed by atoms with Crippen molar-refractivity contribution in [1.29, 1.82) is 0 Å². The van der Waals surface area contributed by atoms with E-state index in [0.717, 1.165) is 5.39 Å². The molecule has 5 heteroatoms. The number of hydrogen-bond acceptors (Lipinski definition) is 3. The lowest BCUT2D eigenvalue weighted by atomic mass is 10.3. The molecule has 0 saturated carbocycles. The Balaban J connectivity index is 0.000000605. The standard InChI is InChI=1S/C6H5N3O.ClH/c10-5-1-4-2-8-9-6(4)7-3-5;/h1-3,10H,(H,7,8,9);1H. The molecule has 2 aromatic heterocycles. The number of aromatic amines is 1. The number of halogens is 1. The maximum atomic E-state index is 8.94. The van der Waals surface area contributed by atoms with Crippen molar-refractivity contribution in [1.82, 2.24) is 15.2 Å². The molecule has 0 aromatic carbocycles. The smallest absolute Gasteiger partial charge is 0.155 e. The molecule has 0 bridgehead atoms. The van der Waals surface area contributed by atoms with Crippen molar-refractivity contribution < 1.29 is 5.11 Å². The number of aromatic nitrogens is 3. The summed E-state index contributed by atoms with van der Waals surface area (Å²) in [4.78, 5) is 3.87. The third kappa shape index (κ3) is 1.25. The van der Waals surface area contributed by atoms with E-state index in [4.69, 9.17) is 5.11 Å². The van der Waals surface area contributed by atoms with Crippen LogP contribution in [-0.4, -0.2) is 20.3 Å². The Hall–Kier alpha value is -1.29. The second-order valence-electron chi connectivity index (χ2n) is 2.00. The van der Waals surface area contributed by atoms with E-state index >= 15 is 0 Å². The molecule has 0 saturated heterocycles. The van der Waals surface area contributed by atoms with Gasteiger partial charge in [0.1, 0.15) is 5.75 Å². The maximum absolute atomic E-state index is 8.94. The molecule has 11 heavy (non-hydrogen) atoms. The van der Waals surface area contributed by atoms with Crippen molar-refractivity contribution in [3.8, 4) is 5.75 Å². The molecular formula is C6H6ClN3O. The van der Waals surface area contributed by atoms with Gasteiger partial charge >= 0.3 is 0 Å². The summed E-state index contributed by atoms with van der Waals surface area (Å²) in [6.07, 6.45) is 2.99. The summed E-state index contributed by atoms with van der Waals surface area (Å²) in [7, 11) is 0. The summed E-state index contributed by atoms with van der Waals surface area (Å²) in [5.41, 5.74) is 0.692. The SMILES string of the molecule is Cl.Oc1cnc2[nH]ncc2c1. The largest absolute Gasteiger partial charge is 0.506 e. The van der Waals surface area contributed by atoms with Gasteiger partial charge in [0.15, 0.2) is 5.65 Å². The quantitative estimate of drug-likeness (QED) is 0.624. The first-order valence-corrected chi connectivity index (χ1v) is 2.84. The average Bonchev–Trinajstić information content (AvgIpc) is 2.33. The van der Waals surface area contributed by atoms with E-state index < -0.39 is 0 Å². The molecule has 58 valence electrons. The Bertz CT molecular complexity index is 359. The molecule has 0 fully saturated rings. The van der Waals surface area contributed by atoms with Crippen molar-refractivity contribution in [3.05, 3.63) is 18.5 Å². The Morgan fingerprint density at radius 1 is 1.36 bits per heavy atom. The maximum Gasteiger partial charge on any atom is 0.155 e. The fourth-order valence-electron chi connectivity index (χ4n) is 0.825. The van der Waals surface area contributed by atoms with Crippen LogP contribution in [0.25, 0.3) is 11.0 Å². The van der Waals surface area contributed by atoms with E-state index in [1.165, 1.54) is 6.20 Å². The van der Waals surface area contributed by atoms with E-state index in [0.29, 0.717) is 5.65 Å². The van der Waals surface area contributed by atoms with Gasteiger partial charge in [-0.3, -0.25) is 5.10 Å². The first-order chi connectivity index (χ1) is 4.86. The number of rotatable bonds is 0. The topological polar surface area (TPSA) is 61.8 Å². The minimum absolute atomic E-state index is 0. The van der Waals surface area contributed by atoms with Crippen molar-refractivity contribution in [3.63, 3.8) is 0 Å². The molecule has 0 aliphatic carbocycles.